The lowest BCUT2D eigenvalue weighted by molar-refractivity contribution is -0.147. The van der Waals surface area contributed by atoms with Crippen molar-refractivity contribution in [3.63, 3.8) is 0 Å². The molecule has 0 unspecified atom stereocenters. The lowest BCUT2D eigenvalue weighted by Crippen LogP contribution is -2.48. The third-order valence-electron chi connectivity index (χ3n) is 2.22. The molecule has 84 valence electrons. The molecule has 0 saturated carbocycles. The van der Waals surface area contributed by atoms with E-state index in [4.69, 9.17) is 4.84 Å². The maximum absolute atomic E-state index is 11.6. The predicted octanol–water partition coefficient (Wildman–Crippen LogP) is 0.190. The molecule has 1 aromatic rings. The average molecular weight is 220 g/mol. The average Bonchev–Trinajstić information content (AvgIpc) is 2.30. The van der Waals surface area contributed by atoms with Gasteiger partial charge < -0.3 is 10.2 Å². The van der Waals surface area contributed by atoms with Crippen LogP contribution in [0.3, 0.4) is 0 Å². The minimum atomic E-state index is -0.435. The fraction of sp³-hybridized carbons (Fsp3) is 0.273. The fourth-order valence-electron chi connectivity index (χ4n) is 1.44. The third kappa shape index (κ3) is 2.58. The summed E-state index contributed by atoms with van der Waals surface area (Å²) >= 11 is 0. The predicted molar refractivity (Wildman–Crippen MR) is 56.4 cm³/mol. The zero-order valence-corrected chi connectivity index (χ0v) is 8.68. The van der Waals surface area contributed by atoms with Crippen LogP contribution in [0, 0.1) is 0 Å². The van der Waals surface area contributed by atoms with Gasteiger partial charge in [0, 0.05) is 6.54 Å². The zero-order valence-electron chi connectivity index (χ0n) is 8.68. The van der Waals surface area contributed by atoms with Crippen molar-refractivity contribution < 1.29 is 14.4 Å². The van der Waals surface area contributed by atoms with Crippen molar-refractivity contribution in [1.82, 2.24) is 10.4 Å². The number of nitrogens with one attached hydrogen (secondary N) is 1. The van der Waals surface area contributed by atoms with Gasteiger partial charge in [0.2, 0.25) is 5.91 Å². The molecule has 0 radical (unpaired) electrons. The van der Waals surface area contributed by atoms with Crippen LogP contribution in [0.2, 0.25) is 0 Å². The van der Waals surface area contributed by atoms with Crippen LogP contribution in [-0.4, -0.2) is 36.6 Å². The Balaban J connectivity index is 1.95. The van der Waals surface area contributed by atoms with E-state index >= 15 is 0 Å². The molecule has 16 heavy (non-hydrogen) atoms. The first-order valence-corrected chi connectivity index (χ1v) is 5.05. The number of hydrogen-bond acceptors (Lipinski definition) is 4. The van der Waals surface area contributed by atoms with Gasteiger partial charge in [0.1, 0.15) is 6.54 Å². The Hall–Kier alpha value is -1.88. The Morgan fingerprint density at radius 1 is 1.31 bits per heavy atom. The summed E-state index contributed by atoms with van der Waals surface area (Å²) in [6.45, 7) is 1.11. The molecule has 1 saturated heterocycles. The van der Waals surface area contributed by atoms with Crippen molar-refractivity contribution in [3.8, 4) is 0 Å². The number of amides is 1. The summed E-state index contributed by atoms with van der Waals surface area (Å²) in [5, 5.41) is 4.02. The third-order valence-corrected chi connectivity index (χ3v) is 2.22. The van der Waals surface area contributed by atoms with Gasteiger partial charge in [0.25, 0.3) is 0 Å². The van der Waals surface area contributed by atoms with Crippen LogP contribution in [-0.2, 0) is 9.63 Å². The monoisotopic (exact) mass is 220 g/mol. The molecule has 0 spiro atoms. The van der Waals surface area contributed by atoms with Gasteiger partial charge in [0.05, 0.1) is 12.1 Å². The van der Waals surface area contributed by atoms with Crippen LogP contribution in [0.1, 0.15) is 10.4 Å². The van der Waals surface area contributed by atoms with Crippen molar-refractivity contribution in [3.05, 3.63) is 35.9 Å². The van der Waals surface area contributed by atoms with E-state index in [2.05, 4.69) is 5.32 Å². The molecular weight excluding hydrogens is 208 g/mol. The van der Waals surface area contributed by atoms with E-state index < -0.39 is 5.97 Å². The van der Waals surface area contributed by atoms with E-state index in [0.29, 0.717) is 18.7 Å². The van der Waals surface area contributed by atoms with Gasteiger partial charge in [-0.05, 0) is 12.1 Å². The molecule has 1 aliphatic heterocycles. The minimum Gasteiger partial charge on any atom is -0.363 e. The van der Waals surface area contributed by atoms with E-state index in [1.165, 1.54) is 5.06 Å². The molecule has 1 aliphatic rings. The summed E-state index contributed by atoms with van der Waals surface area (Å²) in [5.41, 5.74) is 0.480. The summed E-state index contributed by atoms with van der Waals surface area (Å²) < 4.78 is 0. The summed E-state index contributed by atoms with van der Waals surface area (Å²) in [4.78, 5) is 27.8. The maximum Gasteiger partial charge on any atom is 0.357 e. The molecule has 5 heteroatoms. The normalized spacial score (nSPS) is 16.6. The van der Waals surface area contributed by atoms with Crippen molar-refractivity contribution in [2.24, 2.45) is 0 Å². The second-order valence-corrected chi connectivity index (χ2v) is 3.46. The standard InChI is InChI=1S/C11H12N2O3/c14-10-8-13(7-6-12-10)16-11(15)9-4-2-1-3-5-9/h1-5H,6-8H2,(H,12,14). The van der Waals surface area contributed by atoms with Crippen LogP contribution < -0.4 is 5.32 Å². The van der Waals surface area contributed by atoms with E-state index in [-0.39, 0.29) is 12.5 Å². The van der Waals surface area contributed by atoms with Gasteiger partial charge in [-0.15, -0.1) is 5.06 Å². The summed E-state index contributed by atoms with van der Waals surface area (Å²) in [6, 6.07) is 8.70. The van der Waals surface area contributed by atoms with E-state index in [9.17, 15) is 9.59 Å². The van der Waals surface area contributed by atoms with Gasteiger partial charge in [-0.2, -0.15) is 0 Å². The van der Waals surface area contributed by atoms with Crippen LogP contribution in [0.4, 0.5) is 0 Å². The van der Waals surface area contributed by atoms with Crippen molar-refractivity contribution in [2.75, 3.05) is 19.6 Å². The van der Waals surface area contributed by atoms with Gasteiger partial charge >= 0.3 is 5.97 Å². The lowest BCUT2D eigenvalue weighted by atomic mass is 10.2. The Labute approximate surface area is 93.0 Å². The molecule has 1 heterocycles. The van der Waals surface area contributed by atoms with Crippen LogP contribution >= 0.6 is 0 Å². The molecule has 2 rings (SSSR count). The van der Waals surface area contributed by atoms with Gasteiger partial charge in [-0.25, -0.2) is 4.79 Å². The number of hydrogen-bond donors (Lipinski definition) is 1. The summed E-state index contributed by atoms with van der Waals surface area (Å²) in [6.07, 6.45) is 0. The number of piperazine rings is 1. The van der Waals surface area contributed by atoms with Crippen molar-refractivity contribution in [1.29, 1.82) is 0 Å². The molecule has 1 N–H and O–H groups in total. The Morgan fingerprint density at radius 2 is 2.06 bits per heavy atom. The van der Waals surface area contributed by atoms with Gasteiger partial charge in [-0.3, -0.25) is 4.79 Å². The van der Waals surface area contributed by atoms with Gasteiger partial charge in [0.15, 0.2) is 0 Å². The first-order valence-electron chi connectivity index (χ1n) is 5.05. The summed E-state index contributed by atoms with van der Waals surface area (Å²) in [5.74, 6) is -0.567. The molecule has 5 nitrogen and oxygen atoms in total. The molecule has 0 aromatic heterocycles. The van der Waals surface area contributed by atoms with Crippen LogP contribution in [0.25, 0.3) is 0 Å². The number of rotatable bonds is 2. The number of nitrogens with zero attached hydrogens (tertiary/aromatic N) is 1. The molecule has 0 atom stereocenters. The number of carbonyl (C=O) groups excluding carboxylic acids is 2. The summed E-state index contributed by atoms with van der Waals surface area (Å²) in [7, 11) is 0. The molecule has 0 bridgehead atoms. The SMILES string of the molecule is O=C1CN(OC(=O)c2ccccc2)CCN1. The maximum atomic E-state index is 11.6. The van der Waals surface area contributed by atoms with E-state index in [1.807, 2.05) is 6.07 Å². The molecule has 1 aromatic carbocycles. The number of benzene rings is 1. The first kappa shape index (κ1) is 10.6. The molecule has 1 fully saturated rings. The highest BCUT2D eigenvalue weighted by Crippen LogP contribution is 2.04. The molecule has 0 aliphatic carbocycles. The largest absolute Gasteiger partial charge is 0.363 e. The lowest BCUT2D eigenvalue weighted by Gasteiger charge is -2.24. The molecular formula is C11H12N2O3. The highest BCUT2D eigenvalue weighted by molar-refractivity contribution is 5.89. The van der Waals surface area contributed by atoms with Crippen LogP contribution in [0.5, 0.6) is 0 Å². The zero-order chi connectivity index (χ0) is 11.4. The number of hydroxylamine groups is 2. The first-order chi connectivity index (χ1) is 7.75. The van der Waals surface area contributed by atoms with E-state index in [0.717, 1.165) is 0 Å². The minimum absolute atomic E-state index is 0.0958. The highest BCUT2D eigenvalue weighted by atomic mass is 16.7. The highest BCUT2D eigenvalue weighted by Gasteiger charge is 2.20. The second kappa shape index (κ2) is 4.76. The smallest absolute Gasteiger partial charge is 0.357 e. The van der Waals surface area contributed by atoms with Gasteiger partial charge in [-0.1, -0.05) is 18.2 Å². The topological polar surface area (TPSA) is 58.6 Å². The quantitative estimate of drug-likeness (QED) is 0.773. The van der Waals surface area contributed by atoms with Crippen molar-refractivity contribution >= 4 is 11.9 Å². The van der Waals surface area contributed by atoms with E-state index in [1.54, 1.807) is 24.3 Å². The Kier molecular flexibility index (Phi) is 3.16. The van der Waals surface area contributed by atoms with Crippen molar-refractivity contribution in [2.45, 2.75) is 0 Å². The second-order valence-electron chi connectivity index (χ2n) is 3.46. The molecule has 1 amide bonds. The Bertz CT molecular complexity index is 391. The Morgan fingerprint density at radius 3 is 2.75 bits per heavy atom. The number of carbonyl (C=O) groups is 2. The fourth-order valence-corrected chi connectivity index (χ4v) is 1.44. The van der Waals surface area contributed by atoms with Crippen LogP contribution in [0.15, 0.2) is 30.3 Å².